The lowest BCUT2D eigenvalue weighted by Gasteiger charge is -1.97. The second-order valence-electron chi connectivity index (χ2n) is 1.52. The summed E-state index contributed by atoms with van der Waals surface area (Å²) in [5.41, 5.74) is 2.47. The number of hydrogen-bond acceptors (Lipinski definition) is 3. The first-order valence-electron chi connectivity index (χ1n) is 2.80. The Hall–Kier alpha value is -1.05. The third kappa shape index (κ3) is 5.09. The standard InChI is InChI=1S/C7H10O3/c1-3-4-5-10-7(8)6-9-2/h4H,1,5-6H2,2H3. The van der Waals surface area contributed by atoms with Crippen LogP contribution in [0.1, 0.15) is 0 Å². The average molecular weight is 142 g/mol. The van der Waals surface area contributed by atoms with Crippen molar-refractivity contribution >= 4 is 5.97 Å². The maximum absolute atomic E-state index is 10.5. The molecule has 0 aliphatic carbocycles. The zero-order valence-electron chi connectivity index (χ0n) is 5.92. The normalized spacial score (nSPS) is 8.10. The largest absolute Gasteiger partial charge is 0.459 e. The van der Waals surface area contributed by atoms with Crippen LogP contribution in [0, 0.1) is 0 Å². The third-order valence-corrected chi connectivity index (χ3v) is 0.734. The molecule has 0 fully saturated rings. The highest BCUT2D eigenvalue weighted by molar-refractivity contribution is 5.70. The summed E-state index contributed by atoms with van der Waals surface area (Å²) in [5, 5.41) is 0. The van der Waals surface area contributed by atoms with Crippen molar-refractivity contribution in [1.82, 2.24) is 0 Å². The van der Waals surface area contributed by atoms with Crippen LogP contribution in [-0.2, 0) is 14.3 Å². The van der Waals surface area contributed by atoms with Crippen LogP contribution in [0.5, 0.6) is 0 Å². The monoisotopic (exact) mass is 142 g/mol. The number of carbonyl (C=O) groups is 1. The number of esters is 1. The highest BCUT2D eigenvalue weighted by atomic mass is 16.6. The summed E-state index contributed by atoms with van der Waals surface area (Å²) in [6.45, 7) is 3.51. The van der Waals surface area contributed by atoms with Crippen molar-refractivity contribution in [2.24, 2.45) is 0 Å². The zero-order chi connectivity index (χ0) is 7.82. The topological polar surface area (TPSA) is 35.5 Å². The second kappa shape index (κ2) is 6.08. The smallest absolute Gasteiger partial charge is 0.332 e. The van der Waals surface area contributed by atoms with Crippen LogP contribution in [0.25, 0.3) is 0 Å². The van der Waals surface area contributed by atoms with Crippen LogP contribution in [0.3, 0.4) is 0 Å². The van der Waals surface area contributed by atoms with E-state index in [2.05, 4.69) is 21.8 Å². The Morgan fingerprint density at radius 2 is 2.50 bits per heavy atom. The zero-order valence-corrected chi connectivity index (χ0v) is 5.92. The van der Waals surface area contributed by atoms with E-state index < -0.39 is 0 Å². The molecule has 0 heterocycles. The molecule has 3 heteroatoms. The maximum Gasteiger partial charge on any atom is 0.332 e. The first-order valence-corrected chi connectivity index (χ1v) is 2.80. The summed E-state index contributed by atoms with van der Waals surface area (Å²) in [7, 11) is 1.44. The van der Waals surface area contributed by atoms with Crippen molar-refractivity contribution in [3.05, 3.63) is 18.4 Å². The van der Waals surface area contributed by atoms with E-state index in [1.165, 1.54) is 13.2 Å². The molecule has 0 N–H and O–H groups in total. The van der Waals surface area contributed by atoms with Crippen LogP contribution < -0.4 is 0 Å². The molecule has 0 rings (SSSR count). The quantitative estimate of drug-likeness (QED) is 0.424. The fourth-order valence-corrected chi connectivity index (χ4v) is 0.353. The highest BCUT2D eigenvalue weighted by Crippen LogP contribution is 1.79. The summed E-state index contributed by atoms with van der Waals surface area (Å²) in [4.78, 5) is 10.5. The van der Waals surface area contributed by atoms with Gasteiger partial charge in [0.05, 0.1) is 0 Å². The molecule has 0 saturated carbocycles. The molecule has 56 valence electrons. The molecule has 0 aromatic rings. The minimum Gasteiger partial charge on any atom is -0.459 e. The van der Waals surface area contributed by atoms with Gasteiger partial charge in [-0.1, -0.05) is 6.58 Å². The van der Waals surface area contributed by atoms with E-state index in [9.17, 15) is 4.79 Å². The SMILES string of the molecule is C=C=CCOC(=O)COC. The van der Waals surface area contributed by atoms with Gasteiger partial charge >= 0.3 is 5.97 Å². The van der Waals surface area contributed by atoms with Gasteiger partial charge in [-0.05, 0) is 6.08 Å². The Labute approximate surface area is 59.9 Å². The molecule has 0 bridgehead atoms. The van der Waals surface area contributed by atoms with Gasteiger partial charge in [0.15, 0.2) is 0 Å². The number of hydrogen-bond donors (Lipinski definition) is 0. The van der Waals surface area contributed by atoms with E-state index >= 15 is 0 Å². The van der Waals surface area contributed by atoms with Gasteiger partial charge in [0.2, 0.25) is 0 Å². The predicted molar refractivity (Wildman–Crippen MR) is 36.5 cm³/mol. The molecule has 0 atom stereocenters. The lowest BCUT2D eigenvalue weighted by molar-refractivity contribution is -0.146. The van der Waals surface area contributed by atoms with Crippen molar-refractivity contribution in [3.8, 4) is 0 Å². The van der Waals surface area contributed by atoms with Crippen molar-refractivity contribution in [3.63, 3.8) is 0 Å². The molecule has 3 nitrogen and oxygen atoms in total. The summed E-state index contributed by atoms with van der Waals surface area (Å²) >= 11 is 0. The van der Waals surface area contributed by atoms with Gasteiger partial charge in [-0.15, -0.1) is 5.73 Å². The van der Waals surface area contributed by atoms with Crippen LogP contribution in [0.2, 0.25) is 0 Å². The summed E-state index contributed by atoms with van der Waals surface area (Å²) in [6.07, 6.45) is 1.52. The van der Waals surface area contributed by atoms with Crippen molar-refractivity contribution in [2.45, 2.75) is 0 Å². The highest BCUT2D eigenvalue weighted by Gasteiger charge is 1.97. The number of methoxy groups -OCH3 is 1. The van der Waals surface area contributed by atoms with E-state index in [1.807, 2.05) is 0 Å². The molecule has 0 saturated heterocycles. The lowest BCUT2D eigenvalue weighted by atomic mass is 10.6. The average Bonchev–Trinajstić information content (AvgIpc) is 1.89. The molecule has 0 spiro atoms. The summed E-state index contributed by atoms with van der Waals surface area (Å²) in [6, 6.07) is 0. The van der Waals surface area contributed by atoms with Gasteiger partial charge in [-0.3, -0.25) is 0 Å². The fraction of sp³-hybridized carbons (Fsp3) is 0.429. The van der Waals surface area contributed by atoms with Crippen LogP contribution in [0.4, 0.5) is 0 Å². The molecular formula is C7H10O3. The molecule has 10 heavy (non-hydrogen) atoms. The Morgan fingerprint density at radius 1 is 1.80 bits per heavy atom. The number of ether oxygens (including phenoxy) is 2. The molecular weight excluding hydrogens is 132 g/mol. The first kappa shape index (κ1) is 8.95. The number of carbonyl (C=O) groups excluding carboxylic acids is 1. The van der Waals surface area contributed by atoms with E-state index in [-0.39, 0.29) is 19.2 Å². The molecule has 0 aliphatic rings. The lowest BCUT2D eigenvalue weighted by Crippen LogP contribution is -2.10. The van der Waals surface area contributed by atoms with Crippen LogP contribution >= 0.6 is 0 Å². The molecule has 0 unspecified atom stereocenters. The molecule has 0 amide bonds. The number of rotatable bonds is 4. The summed E-state index contributed by atoms with van der Waals surface area (Å²) in [5.74, 6) is -0.381. The minimum atomic E-state index is -0.381. The van der Waals surface area contributed by atoms with Gasteiger partial charge in [-0.2, -0.15) is 0 Å². The van der Waals surface area contributed by atoms with E-state index in [0.29, 0.717) is 0 Å². The van der Waals surface area contributed by atoms with Gasteiger partial charge in [0.1, 0.15) is 13.2 Å². The maximum atomic E-state index is 10.5. The van der Waals surface area contributed by atoms with E-state index in [1.54, 1.807) is 0 Å². The van der Waals surface area contributed by atoms with Crippen molar-refractivity contribution in [2.75, 3.05) is 20.3 Å². The van der Waals surface area contributed by atoms with Crippen molar-refractivity contribution in [1.29, 1.82) is 0 Å². The predicted octanol–water partition coefficient (Wildman–Crippen LogP) is 0.517. The van der Waals surface area contributed by atoms with Gasteiger partial charge in [0, 0.05) is 7.11 Å². The van der Waals surface area contributed by atoms with Crippen molar-refractivity contribution < 1.29 is 14.3 Å². The Bertz CT molecular complexity index is 145. The molecule has 0 radical (unpaired) electrons. The first-order chi connectivity index (χ1) is 4.81. The minimum absolute atomic E-state index is 0.00895. The molecule has 0 aromatic carbocycles. The Kier molecular flexibility index (Phi) is 5.44. The fourth-order valence-electron chi connectivity index (χ4n) is 0.353. The van der Waals surface area contributed by atoms with Crippen LogP contribution in [0.15, 0.2) is 18.4 Å². The Balaban J connectivity index is 3.30. The van der Waals surface area contributed by atoms with Gasteiger partial charge in [0.25, 0.3) is 0 Å². The van der Waals surface area contributed by atoms with Crippen LogP contribution in [-0.4, -0.2) is 26.3 Å². The van der Waals surface area contributed by atoms with Gasteiger partial charge < -0.3 is 9.47 Å². The van der Waals surface area contributed by atoms with E-state index in [0.717, 1.165) is 0 Å². The third-order valence-electron chi connectivity index (χ3n) is 0.734. The van der Waals surface area contributed by atoms with E-state index in [4.69, 9.17) is 0 Å². The van der Waals surface area contributed by atoms with Gasteiger partial charge in [-0.25, -0.2) is 4.79 Å². The summed E-state index contributed by atoms with van der Waals surface area (Å²) < 4.78 is 9.11. The Morgan fingerprint density at radius 3 is 3.00 bits per heavy atom. The molecule has 0 aromatic heterocycles. The second-order valence-corrected chi connectivity index (χ2v) is 1.52. The molecule has 0 aliphatic heterocycles.